The zero-order chi connectivity index (χ0) is 21.3. The van der Waals surface area contributed by atoms with E-state index < -0.39 is 5.60 Å². The molecule has 1 aromatic heterocycles. The minimum Gasteiger partial charge on any atom is -0.444 e. The Morgan fingerprint density at radius 1 is 1.13 bits per heavy atom. The SMILES string of the molecule is CC(C)(C)OC(=O)N1CCc2c(nc(N3CCOCC3)nc2N2CCC[C@@H](N)C2)C1. The molecule has 0 aliphatic carbocycles. The van der Waals surface area contributed by atoms with Crippen LogP contribution in [0.25, 0.3) is 0 Å². The zero-order valence-corrected chi connectivity index (χ0v) is 18.4. The Labute approximate surface area is 178 Å². The van der Waals surface area contributed by atoms with E-state index >= 15 is 0 Å². The highest BCUT2D eigenvalue weighted by molar-refractivity contribution is 5.69. The number of hydrogen-bond donors (Lipinski definition) is 1. The fraction of sp³-hybridized carbons (Fsp3) is 0.762. The molecule has 2 fully saturated rings. The number of rotatable bonds is 2. The number of hydrogen-bond acceptors (Lipinski definition) is 8. The summed E-state index contributed by atoms with van der Waals surface area (Å²) in [6.07, 6.45) is 2.55. The molecule has 2 N–H and O–H groups in total. The highest BCUT2D eigenvalue weighted by Crippen LogP contribution is 2.31. The van der Waals surface area contributed by atoms with Gasteiger partial charge in [-0.3, -0.25) is 0 Å². The van der Waals surface area contributed by atoms with Gasteiger partial charge in [0.2, 0.25) is 5.95 Å². The second-order valence-electron chi connectivity index (χ2n) is 9.37. The van der Waals surface area contributed by atoms with Crippen molar-refractivity contribution >= 4 is 17.9 Å². The van der Waals surface area contributed by atoms with Crippen molar-refractivity contribution in [3.8, 4) is 0 Å². The third-order valence-electron chi connectivity index (χ3n) is 5.73. The van der Waals surface area contributed by atoms with Crippen molar-refractivity contribution in [3.05, 3.63) is 11.3 Å². The first-order valence-corrected chi connectivity index (χ1v) is 11.0. The fourth-order valence-electron chi connectivity index (χ4n) is 4.25. The van der Waals surface area contributed by atoms with E-state index in [2.05, 4.69) is 9.80 Å². The summed E-state index contributed by atoms with van der Waals surface area (Å²) in [5.41, 5.74) is 7.80. The van der Waals surface area contributed by atoms with E-state index in [0.717, 1.165) is 68.5 Å². The number of morpholine rings is 1. The lowest BCUT2D eigenvalue weighted by atomic mass is 10.0. The summed E-state index contributed by atoms with van der Waals surface area (Å²) in [4.78, 5) is 28.8. The summed E-state index contributed by atoms with van der Waals surface area (Å²) < 4.78 is 11.1. The van der Waals surface area contributed by atoms with Gasteiger partial charge in [-0.15, -0.1) is 0 Å². The number of nitrogens with zero attached hydrogens (tertiary/aromatic N) is 5. The largest absolute Gasteiger partial charge is 0.444 e. The number of nitrogens with two attached hydrogens (primary N) is 1. The molecule has 0 spiro atoms. The van der Waals surface area contributed by atoms with Gasteiger partial charge < -0.3 is 29.9 Å². The van der Waals surface area contributed by atoms with Crippen LogP contribution < -0.4 is 15.5 Å². The lowest BCUT2D eigenvalue weighted by Gasteiger charge is -2.37. The van der Waals surface area contributed by atoms with Crippen LogP contribution in [0.3, 0.4) is 0 Å². The van der Waals surface area contributed by atoms with Gasteiger partial charge in [0, 0.05) is 44.3 Å². The maximum Gasteiger partial charge on any atom is 0.410 e. The molecule has 4 rings (SSSR count). The van der Waals surface area contributed by atoms with Gasteiger partial charge in [0.1, 0.15) is 11.4 Å². The summed E-state index contributed by atoms with van der Waals surface area (Å²) in [5, 5.41) is 0. The molecule has 30 heavy (non-hydrogen) atoms. The van der Waals surface area contributed by atoms with Crippen LogP contribution in [0.4, 0.5) is 16.6 Å². The summed E-state index contributed by atoms with van der Waals surface area (Å²) >= 11 is 0. The van der Waals surface area contributed by atoms with Gasteiger partial charge in [0.25, 0.3) is 0 Å². The first-order chi connectivity index (χ1) is 14.3. The topological polar surface area (TPSA) is 97.0 Å². The first kappa shape index (κ1) is 21.1. The molecule has 166 valence electrons. The minimum absolute atomic E-state index is 0.165. The standard InChI is InChI=1S/C21H34N6O3/c1-21(2,3)30-20(28)27-8-6-16-17(14-27)23-19(25-9-11-29-12-10-25)24-18(16)26-7-4-5-15(22)13-26/h15H,4-14,22H2,1-3H3/t15-/m1/s1. The molecule has 1 aromatic rings. The van der Waals surface area contributed by atoms with Crippen molar-refractivity contribution in [1.29, 1.82) is 0 Å². The van der Waals surface area contributed by atoms with E-state index in [1.54, 1.807) is 4.90 Å². The molecule has 0 saturated carbocycles. The predicted octanol–water partition coefficient (Wildman–Crippen LogP) is 1.53. The number of fused-ring (bicyclic) bond motifs is 1. The van der Waals surface area contributed by atoms with Gasteiger partial charge in [0.05, 0.1) is 25.5 Å². The smallest absolute Gasteiger partial charge is 0.410 e. The molecular formula is C21H34N6O3. The first-order valence-electron chi connectivity index (χ1n) is 11.0. The Bertz CT molecular complexity index is 775. The van der Waals surface area contributed by atoms with Gasteiger partial charge in [0.15, 0.2) is 0 Å². The van der Waals surface area contributed by atoms with Crippen molar-refractivity contribution in [1.82, 2.24) is 14.9 Å². The minimum atomic E-state index is -0.517. The highest BCUT2D eigenvalue weighted by Gasteiger charge is 2.31. The number of carbonyl (C=O) groups is 1. The molecule has 2 saturated heterocycles. The van der Waals surface area contributed by atoms with Crippen LogP contribution in [0.15, 0.2) is 0 Å². The molecule has 0 bridgehead atoms. The normalized spacial score (nSPS) is 22.7. The lowest BCUT2D eigenvalue weighted by Crippen LogP contribution is -2.45. The van der Waals surface area contributed by atoms with E-state index in [1.807, 2.05) is 20.8 Å². The Balaban J connectivity index is 1.64. The van der Waals surface area contributed by atoms with Crippen molar-refractivity contribution < 1.29 is 14.3 Å². The van der Waals surface area contributed by atoms with Gasteiger partial charge in [-0.25, -0.2) is 9.78 Å². The molecule has 0 radical (unpaired) electrons. The third-order valence-corrected chi connectivity index (χ3v) is 5.73. The number of aromatic nitrogens is 2. The number of anilines is 2. The van der Waals surface area contributed by atoms with E-state index in [-0.39, 0.29) is 12.1 Å². The molecule has 1 atom stereocenters. The third kappa shape index (κ3) is 4.78. The molecule has 4 heterocycles. The second-order valence-corrected chi connectivity index (χ2v) is 9.37. The molecule has 0 unspecified atom stereocenters. The van der Waals surface area contributed by atoms with Gasteiger partial charge in [-0.05, 0) is 40.0 Å². The van der Waals surface area contributed by atoms with Crippen LogP contribution in [0.2, 0.25) is 0 Å². The lowest BCUT2D eigenvalue weighted by molar-refractivity contribution is 0.0221. The molecule has 3 aliphatic rings. The van der Waals surface area contributed by atoms with Gasteiger partial charge >= 0.3 is 6.09 Å². The number of piperidine rings is 1. The maximum absolute atomic E-state index is 12.6. The van der Waals surface area contributed by atoms with Crippen molar-refractivity contribution in [2.24, 2.45) is 5.73 Å². The Morgan fingerprint density at radius 2 is 1.90 bits per heavy atom. The van der Waals surface area contributed by atoms with Crippen LogP contribution in [-0.4, -0.2) is 78.5 Å². The Hall–Kier alpha value is -2.13. The number of amides is 1. The van der Waals surface area contributed by atoms with Crippen molar-refractivity contribution in [2.75, 3.05) is 55.7 Å². The maximum atomic E-state index is 12.6. The number of carbonyl (C=O) groups excluding carboxylic acids is 1. The number of ether oxygens (including phenoxy) is 2. The monoisotopic (exact) mass is 418 g/mol. The fourth-order valence-corrected chi connectivity index (χ4v) is 4.25. The van der Waals surface area contributed by atoms with Crippen LogP contribution >= 0.6 is 0 Å². The summed E-state index contributed by atoms with van der Waals surface area (Å²) in [7, 11) is 0. The molecule has 9 nitrogen and oxygen atoms in total. The predicted molar refractivity (Wildman–Crippen MR) is 115 cm³/mol. The van der Waals surface area contributed by atoms with Crippen molar-refractivity contribution in [3.63, 3.8) is 0 Å². The molecule has 1 amide bonds. The summed E-state index contributed by atoms with van der Waals surface area (Å²) in [6, 6.07) is 0.165. The quantitative estimate of drug-likeness (QED) is 0.772. The van der Waals surface area contributed by atoms with Crippen LogP contribution in [0.5, 0.6) is 0 Å². The van der Waals surface area contributed by atoms with E-state index in [9.17, 15) is 4.79 Å². The van der Waals surface area contributed by atoms with Gasteiger partial charge in [-0.1, -0.05) is 0 Å². The molecule has 3 aliphatic heterocycles. The Kier molecular flexibility index (Phi) is 6.02. The van der Waals surface area contributed by atoms with E-state index in [1.165, 1.54) is 0 Å². The van der Waals surface area contributed by atoms with Crippen LogP contribution in [-0.2, 0) is 22.4 Å². The highest BCUT2D eigenvalue weighted by atomic mass is 16.6. The van der Waals surface area contributed by atoms with Crippen LogP contribution in [0, 0.1) is 0 Å². The van der Waals surface area contributed by atoms with Crippen LogP contribution in [0.1, 0.15) is 44.9 Å². The van der Waals surface area contributed by atoms with E-state index in [4.69, 9.17) is 25.2 Å². The zero-order valence-electron chi connectivity index (χ0n) is 18.4. The molecular weight excluding hydrogens is 384 g/mol. The van der Waals surface area contributed by atoms with Gasteiger partial charge in [-0.2, -0.15) is 4.98 Å². The molecule has 9 heteroatoms. The van der Waals surface area contributed by atoms with Crippen molar-refractivity contribution in [2.45, 2.75) is 58.2 Å². The summed E-state index contributed by atoms with van der Waals surface area (Å²) in [5.74, 6) is 1.71. The average molecular weight is 419 g/mol. The second kappa shape index (κ2) is 8.55. The van der Waals surface area contributed by atoms with E-state index in [0.29, 0.717) is 26.3 Å². The molecule has 0 aromatic carbocycles. The average Bonchev–Trinajstić information content (AvgIpc) is 2.72. The summed E-state index contributed by atoms with van der Waals surface area (Å²) in [6.45, 7) is 11.4. The Morgan fingerprint density at radius 3 is 2.60 bits per heavy atom.